The molecule has 0 spiro atoms. The molecule has 6 nitrogen and oxygen atoms in total. The molecule has 5 rings (SSSR count). The van der Waals surface area contributed by atoms with Crippen molar-refractivity contribution in [2.75, 3.05) is 36.0 Å². The minimum atomic E-state index is 0.675. The van der Waals surface area contributed by atoms with Crippen molar-refractivity contribution < 1.29 is 0 Å². The van der Waals surface area contributed by atoms with Gasteiger partial charge in [-0.25, -0.2) is 9.97 Å². The Kier molecular flexibility index (Phi) is 3.18. The molecule has 2 unspecified atom stereocenters. The van der Waals surface area contributed by atoms with E-state index in [0.717, 1.165) is 43.5 Å². The largest absolute Gasteiger partial charge is 0.356 e. The summed E-state index contributed by atoms with van der Waals surface area (Å²) in [6, 6.07) is 6.41. The van der Waals surface area contributed by atoms with E-state index in [2.05, 4.69) is 48.2 Å². The van der Waals surface area contributed by atoms with Gasteiger partial charge in [-0.1, -0.05) is 0 Å². The Morgan fingerprint density at radius 2 is 1.58 bits per heavy atom. The fourth-order valence-corrected chi connectivity index (χ4v) is 4.08. The first-order valence-electron chi connectivity index (χ1n) is 8.88. The van der Waals surface area contributed by atoms with Gasteiger partial charge >= 0.3 is 0 Å². The molecular formula is C18H22N6. The second-order valence-electron chi connectivity index (χ2n) is 7.44. The van der Waals surface area contributed by atoms with Gasteiger partial charge in [-0.2, -0.15) is 5.10 Å². The topological polar surface area (TPSA) is 58.0 Å². The zero-order chi connectivity index (χ0) is 16.1. The number of nitrogens with zero attached hydrogens (tertiary/aromatic N) is 6. The zero-order valence-electron chi connectivity index (χ0n) is 14.0. The van der Waals surface area contributed by atoms with Crippen molar-refractivity contribution in [1.82, 2.24) is 20.2 Å². The van der Waals surface area contributed by atoms with Gasteiger partial charge in [0.05, 0.1) is 5.69 Å². The first kappa shape index (κ1) is 14.1. The minimum Gasteiger partial charge on any atom is -0.356 e. The van der Waals surface area contributed by atoms with Crippen LogP contribution < -0.4 is 9.80 Å². The summed E-state index contributed by atoms with van der Waals surface area (Å²) in [5.74, 6) is 4.15. The molecule has 24 heavy (non-hydrogen) atoms. The lowest BCUT2D eigenvalue weighted by Gasteiger charge is -2.22. The molecule has 6 heteroatoms. The molecule has 0 N–H and O–H groups in total. The molecule has 2 aromatic rings. The molecule has 0 amide bonds. The maximum Gasteiger partial charge on any atom is 0.151 e. The number of hydrogen-bond acceptors (Lipinski definition) is 6. The third-order valence-electron chi connectivity index (χ3n) is 5.59. The highest BCUT2D eigenvalue weighted by atomic mass is 15.3. The zero-order valence-corrected chi connectivity index (χ0v) is 14.0. The van der Waals surface area contributed by atoms with Gasteiger partial charge in [0.25, 0.3) is 0 Å². The molecule has 3 fully saturated rings. The summed E-state index contributed by atoms with van der Waals surface area (Å²) >= 11 is 0. The van der Waals surface area contributed by atoms with Gasteiger partial charge in [0, 0.05) is 55.7 Å². The van der Waals surface area contributed by atoms with E-state index in [4.69, 9.17) is 0 Å². The second kappa shape index (κ2) is 5.40. The molecule has 2 saturated heterocycles. The Morgan fingerprint density at radius 3 is 2.17 bits per heavy atom. The van der Waals surface area contributed by atoms with Crippen molar-refractivity contribution in [2.24, 2.45) is 11.8 Å². The smallest absolute Gasteiger partial charge is 0.151 e. The standard InChI is InChI=1S/C18H22N6/c1-12-6-18(20-11-19-12)24-9-14-7-23(8-15(14)10-24)17-5-4-16(21-22-17)13-2-3-13/h4-6,11,13-15H,2-3,7-10H2,1H3. The third kappa shape index (κ3) is 2.50. The van der Waals surface area contributed by atoms with E-state index in [1.807, 2.05) is 6.92 Å². The quantitative estimate of drug-likeness (QED) is 0.862. The summed E-state index contributed by atoms with van der Waals surface area (Å²) in [7, 11) is 0. The first-order chi connectivity index (χ1) is 11.8. The normalized spacial score (nSPS) is 26.0. The second-order valence-corrected chi connectivity index (χ2v) is 7.44. The molecule has 0 radical (unpaired) electrons. The van der Waals surface area contributed by atoms with Gasteiger partial charge in [-0.05, 0) is 31.9 Å². The lowest BCUT2D eigenvalue weighted by Crippen LogP contribution is -2.29. The summed E-state index contributed by atoms with van der Waals surface area (Å²) in [5.41, 5.74) is 2.20. The van der Waals surface area contributed by atoms with E-state index < -0.39 is 0 Å². The van der Waals surface area contributed by atoms with Crippen LogP contribution in [-0.4, -0.2) is 46.3 Å². The number of hydrogen-bond donors (Lipinski definition) is 0. The van der Waals surface area contributed by atoms with E-state index in [1.54, 1.807) is 6.33 Å². The number of anilines is 2. The van der Waals surface area contributed by atoms with Crippen LogP contribution in [0.5, 0.6) is 0 Å². The van der Waals surface area contributed by atoms with Gasteiger partial charge in [0.15, 0.2) is 5.82 Å². The summed E-state index contributed by atoms with van der Waals surface area (Å²) in [5, 5.41) is 8.91. The minimum absolute atomic E-state index is 0.675. The van der Waals surface area contributed by atoms with Gasteiger partial charge in [0.2, 0.25) is 0 Å². The fourth-order valence-electron chi connectivity index (χ4n) is 4.08. The molecule has 3 aliphatic rings. The molecular weight excluding hydrogens is 300 g/mol. The van der Waals surface area contributed by atoms with Crippen molar-refractivity contribution in [3.05, 3.63) is 35.9 Å². The summed E-state index contributed by atoms with van der Waals surface area (Å²) in [4.78, 5) is 13.4. The summed E-state index contributed by atoms with van der Waals surface area (Å²) < 4.78 is 0. The van der Waals surface area contributed by atoms with Crippen LogP contribution in [0.15, 0.2) is 24.5 Å². The fraction of sp³-hybridized carbons (Fsp3) is 0.556. The van der Waals surface area contributed by atoms with E-state index in [-0.39, 0.29) is 0 Å². The third-order valence-corrected chi connectivity index (χ3v) is 5.59. The highest BCUT2D eigenvalue weighted by Gasteiger charge is 2.41. The summed E-state index contributed by atoms with van der Waals surface area (Å²) in [6.07, 6.45) is 4.22. The SMILES string of the molecule is Cc1cc(N2CC3CN(c4ccc(C5CC5)nn4)CC3C2)ncn1. The van der Waals surface area contributed by atoms with Gasteiger partial charge in [-0.15, -0.1) is 5.10 Å². The molecule has 4 heterocycles. The van der Waals surface area contributed by atoms with Crippen molar-refractivity contribution in [1.29, 1.82) is 0 Å². The lowest BCUT2D eigenvalue weighted by molar-refractivity contribution is 0.533. The van der Waals surface area contributed by atoms with E-state index in [9.17, 15) is 0 Å². The number of aromatic nitrogens is 4. The number of aryl methyl sites for hydroxylation is 1. The Bertz CT molecular complexity index is 727. The van der Waals surface area contributed by atoms with Crippen LogP contribution in [0.2, 0.25) is 0 Å². The molecule has 1 saturated carbocycles. The maximum atomic E-state index is 4.48. The van der Waals surface area contributed by atoms with Crippen LogP contribution in [0.3, 0.4) is 0 Å². The van der Waals surface area contributed by atoms with Crippen LogP contribution in [0.25, 0.3) is 0 Å². The summed E-state index contributed by atoms with van der Waals surface area (Å²) in [6.45, 7) is 6.32. The molecule has 0 bridgehead atoms. The van der Waals surface area contributed by atoms with Gasteiger partial charge in [0.1, 0.15) is 12.1 Å². The molecule has 124 valence electrons. The predicted octanol–water partition coefficient (Wildman–Crippen LogP) is 2.03. The predicted molar refractivity (Wildman–Crippen MR) is 92.2 cm³/mol. The Balaban J connectivity index is 1.26. The maximum absolute atomic E-state index is 4.48. The number of fused-ring (bicyclic) bond motifs is 1. The first-order valence-corrected chi connectivity index (χ1v) is 8.88. The van der Waals surface area contributed by atoms with Crippen LogP contribution >= 0.6 is 0 Å². The van der Waals surface area contributed by atoms with Crippen molar-refractivity contribution in [3.8, 4) is 0 Å². The van der Waals surface area contributed by atoms with Gasteiger partial charge < -0.3 is 9.80 Å². The van der Waals surface area contributed by atoms with E-state index in [0.29, 0.717) is 17.8 Å². The highest BCUT2D eigenvalue weighted by Crippen LogP contribution is 2.39. The molecule has 2 aliphatic heterocycles. The van der Waals surface area contributed by atoms with E-state index >= 15 is 0 Å². The Labute approximate surface area is 141 Å². The average molecular weight is 322 g/mol. The molecule has 0 aromatic carbocycles. The Hall–Kier alpha value is -2.24. The van der Waals surface area contributed by atoms with Crippen LogP contribution in [-0.2, 0) is 0 Å². The average Bonchev–Trinajstić information content (AvgIpc) is 3.25. The van der Waals surface area contributed by atoms with Crippen LogP contribution in [0.1, 0.15) is 30.1 Å². The van der Waals surface area contributed by atoms with Crippen molar-refractivity contribution in [3.63, 3.8) is 0 Å². The van der Waals surface area contributed by atoms with Gasteiger partial charge in [-0.3, -0.25) is 0 Å². The molecule has 2 aromatic heterocycles. The molecule has 2 atom stereocenters. The van der Waals surface area contributed by atoms with Crippen LogP contribution in [0.4, 0.5) is 11.6 Å². The lowest BCUT2D eigenvalue weighted by atomic mass is 10.0. The van der Waals surface area contributed by atoms with Crippen molar-refractivity contribution >= 4 is 11.6 Å². The Morgan fingerprint density at radius 1 is 0.875 bits per heavy atom. The monoisotopic (exact) mass is 322 g/mol. The highest BCUT2D eigenvalue weighted by molar-refractivity contribution is 5.45. The molecule has 1 aliphatic carbocycles. The van der Waals surface area contributed by atoms with Crippen LogP contribution in [0, 0.1) is 18.8 Å². The van der Waals surface area contributed by atoms with E-state index in [1.165, 1.54) is 18.5 Å². The number of rotatable bonds is 3. The van der Waals surface area contributed by atoms with Crippen molar-refractivity contribution in [2.45, 2.75) is 25.7 Å².